The zero-order valence-electron chi connectivity index (χ0n) is 8.88. The van der Waals surface area contributed by atoms with E-state index in [4.69, 9.17) is 0 Å². The second kappa shape index (κ2) is 5.81. The van der Waals surface area contributed by atoms with Crippen LogP contribution in [0.3, 0.4) is 0 Å². The predicted molar refractivity (Wildman–Crippen MR) is 58.0 cm³/mol. The van der Waals surface area contributed by atoms with Crippen molar-refractivity contribution in [1.29, 1.82) is 0 Å². The minimum atomic E-state index is 0.0593. The van der Waals surface area contributed by atoms with E-state index < -0.39 is 0 Å². The second-order valence-electron chi connectivity index (χ2n) is 3.83. The first-order chi connectivity index (χ1) is 6.77. The molecule has 2 N–H and O–H groups in total. The first-order valence-corrected chi connectivity index (χ1v) is 5.39. The smallest absolute Gasteiger partial charge is 0.234 e. The summed E-state index contributed by atoms with van der Waals surface area (Å²) in [5.41, 5.74) is 0. The zero-order valence-corrected chi connectivity index (χ0v) is 8.88. The highest BCUT2D eigenvalue weighted by Gasteiger charge is 2.29. The maximum Gasteiger partial charge on any atom is 0.234 e. The number of rotatable bonds is 7. The molecule has 1 amide bonds. The van der Waals surface area contributed by atoms with Gasteiger partial charge in [-0.05, 0) is 25.2 Å². The normalized spacial score (nSPS) is 17.5. The molecule has 1 unspecified atom stereocenters. The van der Waals surface area contributed by atoms with Crippen LogP contribution in [0.1, 0.15) is 26.2 Å². The SMILES string of the molecule is C=CCNC(=O)CNC(CC)C1CC1. The Balaban J connectivity index is 2.10. The Kier molecular flexibility index (Phi) is 4.66. The molecular formula is C11H20N2O. The van der Waals surface area contributed by atoms with Gasteiger partial charge in [0.15, 0.2) is 0 Å². The van der Waals surface area contributed by atoms with Gasteiger partial charge in [-0.25, -0.2) is 0 Å². The molecule has 3 heteroatoms. The van der Waals surface area contributed by atoms with Crippen molar-refractivity contribution in [2.45, 2.75) is 32.2 Å². The number of nitrogens with one attached hydrogen (secondary N) is 2. The third-order valence-corrected chi connectivity index (χ3v) is 2.60. The van der Waals surface area contributed by atoms with Crippen molar-refractivity contribution < 1.29 is 4.79 Å². The van der Waals surface area contributed by atoms with Crippen molar-refractivity contribution in [1.82, 2.24) is 10.6 Å². The van der Waals surface area contributed by atoms with Crippen LogP contribution >= 0.6 is 0 Å². The summed E-state index contributed by atoms with van der Waals surface area (Å²) in [4.78, 5) is 11.2. The second-order valence-corrected chi connectivity index (χ2v) is 3.83. The molecule has 1 saturated carbocycles. The van der Waals surface area contributed by atoms with Crippen molar-refractivity contribution in [3.63, 3.8) is 0 Å². The summed E-state index contributed by atoms with van der Waals surface area (Å²) in [5, 5.41) is 6.05. The molecule has 1 atom stereocenters. The van der Waals surface area contributed by atoms with Gasteiger partial charge in [0.2, 0.25) is 5.91 Å². The van der Waals surface area contributed by atoms with E-state index in [0.29, 0.717) is 19.1 Å². The fraction of sp³-hybridized carbons (Fsp3) is 0.727. The van der Waals surface area contributed by atoms with Gasteiger partial charge in [0, 0.05) is 12.6 Å². The van der Waals surface area contributed by atoms with Crippen LogP contribution in [-0.4, -0.2) is 25.0 Å². The van der Waals surface area contributed by atoms with Crippen LogP contribution in [0.25, 0.3) is 0 Å². The third kappa shape index (κ3) is 3.92. The van der Waals surface area contributed by atoms with Gasteiger partial charge in [0.05, 0.1) is 6.54 Å². The minimum Gasteiger partial charge on any atom is -0.352 e. The molecule has 80 valence electrons. The Labute approximate surface area is 86.0 Å². The van der Waals surface area contributed by atoms with E-state index in [1.165, 1.54) is 12.8 Å². The number of carbonyl (C=O) groups excluding carboxylic acids is 1. The summed E-state index contributed by atoms with van der Waals surface area (Å²) < 4.78 is 0. The fourth-order valence-electron chi connectivity index (χ4n) is 1.62. The van der Waals surface area contributed by atoms with E-state index in [0.717, 1.165) is 12.3 Å². The highest BCUT2D eigenvalue weighted by Crippen LogP contribution is 2.33. The fourth-order valence-corrected chi connectivity index (χ4v) is 1.62. The van der Waals surface area contributed by atoms with Crippen molar-refractivity contribution >= 4 is 5.91 Å². The van der Waals surface area contributed by atoms with Crippen LogP contribution in [0.5, 0.6) is 0 Å². The highest BCUT2D eigenvalue weighted by atomic mass is 16.1. The van der Waals surface area contributed by atoms with Gasteiger partial charge in [-0.2, -0.15) is 0 Å². The van der Waals surface area contributed by atoms with Gasteiger partial charge in [0.1, 0.15) is 0 Å². The van der Waals surface area contributed by atoms with Crippen LogP contribution in [0, 0.1) is 5.92 Å². The van der Waals surface area contributed by atoms with Gasteiger partial charge in [0.25, 0.3) is 0 Å². The molecule has 1 aliphatic rings. The minimum absolute atomic E-state index is 0.0593. The van der Waals surface area contributed by atoms with Crippen LogP contribution in [0.15, 0.2) is 12.7 Å². The Bertz CT molecular complexity index is 199. The van der Waals surface area contributed by atoms with Crippen molar-refractivity contribution in [3.8, 4) is 0 Å². The van der Waals surface area contributed by atoms with Crippen LogP contribution in [-0.2, 0) is 4.79 Å². The summed E-state index contributed by atoms with van der Waals surface area (Å²) in [6.45, 7) is 6.70. The van der Waals surface area contributed by atoms with E-state index in [2.05, 4.69) is 24.1 Å². The van der Waals surface area contributed by atoms with Gasteiger partial charge < -0.3 is 10.6 Å². The molecule has 0 aromatic rings. The Morgan fingerprint density at radius 1 is 1.64 bits per heavy atom. The van der Waals surface area contributed by atoms with Crippen molar-refractivity contribution in [2.75, 3.05) is 13.1 Å². The van der Waals surface area contributed by atoms with Gasteiger partial charge in [-0.3, -0.25) is 4.79 Å². The molecule has 0 saturated heterocycles. The molecular weight excluding hydrogens is 176 g/mol. The van der Waals surface area contributed by atoms with E-state index in [1.807, 2.05) is 0 Å². The van der Waals surface area contributed by atoms with Gasteiger partial charge in [-0.15, -0.1) is 6.58 Å². The number of hydrogen-bond donors (Lipinski definition) is 2. The maximum absolute atomic E-state index is 11.2. The summed E-state index contributed by atoms with van der Waals surface area (Å²) >= 11 is 0. The Morgan fingerprint density at radius 3 is 2.86 bits per heavy atom. The molecule has 1 aliphatic carbocycles. The standard InChI is InChI=1S/C11H20N2O/c1-3-7-12-11(14)8-13-10(4-2)9-5-6-9/h3,9-10,13H,1,4-8H2,2H3,(H,12,14). The average molecular weight is 196 g/mol. The number of carbonyl (C=O) groups is 1. The Morgan fingerprint density at radius 2 is 2.36 bits per heavy atom. The average Bonchev–Trinajstić information content (AvgIpc) is 2.99. The summed E-state index contributed by atoms with van der Waals surface area (Å²) in [6.07, 6.45) is 5.44. The largest absolute Gasteiger partial charge is 0.352 e. The monoisotopic (exact) mass is 196 g/mol. The maximum atomic E-state index is 11.2. The van der Waals surface area contributed by atoms with Crippen LogP contribution in [0.2, 0.25) is 0 Å². The van der Waals surface area contributed by atoms with E-state index in [9.17, 15) is 4.79 Å². The quantitative estimate of drug-likeness (QED) is 0.598. The molecule has 3 nitrogen and oxygen atoms in total. The van der Waals surface area contributed by atoms with Crippen LogP contribution in [0.4, 0.5) is 0 Å². The lowest BCUT2D eigenvalue weighted by atomic mass is 10.1. The number of amides is 1. The van der Waals surface area contributed by atoms with E-state index in [1.54, 1.807) is 6.08 Å². The van der Waals surface area contributed by atoms with E-state index in [-0.39, 0.29) is 5.91 Å². The molecule has 0 aromatic heterocycles. The topological polar surface area (TPSA) is 41.1 Å². The summed E-state index contributed by atoms with van der Waals surface area (Å²) in [5.74, 6) is 0.871. The molecule has 0 radical (unpaired) electrons. The highest BCUT2D eigenvalue weighted by molar-refractivity contribution is 5.78. The lowest BCUT2D eigenvalue weighted by Gasteiger charge is -2.15. The summed E-state index contributed by atoms with van der Waals surface area (Å²) in [7, 11) is 0. The van der Waals surface area contributed by atoms with Crippen molar-refractivity contribution in [3.05, 3.63) is 12.7 Å². The zero-order chi connectivity index (χ0) is 10.4. The number of hydrogen-bond acceptors (Lipinski definition) is 2. The first kappa shape index (κ1) is 11.2. The lowest BCUT2D eigenvalue weighted by molar-refractivity contribution is -0.120. The molecule has 0 aliphatic heterocycles. The van der Waals surface area contributed by atoms with E-state index >= 15 is 0 Å². The van der Waals surface area contributed by atoms with Gasteiger partial charge in [-0.1, -0.05) is 13.0 Å². The Hall–Kier alpha value is -0.830. The molecule has 0 spiro atoms. The third-order valence-electron chi connectivity index (χ3n) is 2.60. The molecule has 0 heterocycles. The lowest BCUT2D eigenvalue weighted by Crippen LogP contribution is -2.39. The summed E-state index contributed by atoms with van der Waals surface area (Å²) in [6, 6.07) is 0.532. The van der Waals surface area contributed by atoms with Crippen LogP contribution < -0.4 is 10.6 Å². The molecule has 0 aromatic carbocycles. The molecule has 0 bridgehead atoms. The first-order valence-electron chi connectivity index (χ1n) is 5.39. The molecule has 1 rings (SSSR count). The van der Waals surface area contributed by atoms with Gasteiger partial charge >= 0.3 is 0 Å². The van der Waals surface area contributed by atoms with Crippen molar-refractivity contribution in [2.24, 2.45) is 5.92 Å². The molecule has 14 heavy (non-hydrogen) atoms. The molecule has 1 fully saturated rings. The predicted octanol–water partition coefficient (Wildman–Crippen LogP) is 1.07.